The third kappa shape index (κ3) is 2.14. The number of aliphatic carboxylic acids is 1. The Morgan fingerprint density at radius 3 is 2.88 bits per heavy atom. The quantitative estimate of drug-likeness (QED) is 0.825. The van der Waals surface area contributed by atoms with Crippen LogP contribution in [0.4, 0.5) is 0 Å². The molecule has 2 aromatic rings. The second-order valence-corrected chi connectivity index (χ2v) is 3.91. The first-order valence-corrected chi connectivity index (χ1v) is 5.56. The number of nitrogens with two attached hydrogens (primary N) is 1. The Labute approximate surface area is 98.9 Å². The van der Waals surface area contributed by atoms with Gasteiger partial charge in [-0.15, -0.1) is 0 Å². The summed E-state index contributed by atoms with van der Waals surface area (Å²) in [5, 5.41) is 8.82. The topological polar surface area (TPSA) is 81.1 Å². The third-order valence-corrected chi connectivity index (χ3v) is 2.77. The number of para-hydroxylation sites is 2. The Morgan fingerprint density at radius 1 is 1.53 bits per heavy atom. The van der Waals surface area contributed by atoms with Crippen molar-refractivity contribution in [2.45, 2.75) is 25.9 Å². The number of nitrogens with zero attached hydrogens (tertiary/aromatic N) is 2. The number of aryl methyl sites for hydroxylation is 1. The highest BCUT2D eigenvalue weighted by molar-refractivity contribution is 5.77. The molecule has 1 aromatic carbocycles. The van der Waals surface area contributed by atoms with Gasteiger partial charge >= 0.3 is 5.97 Å². The smallest absolute Gasteiger partial charge is 0.320 e. The largest absolute Gasteiger partial charge is 0.480 e. The maximum Gasteiger partial charge on any atom is 0.320 e. The van der Waals surface area contributed by atoms with Crippen molar-refractivity contribution in [2.75, 3.05) is 0 Å². The average molecular weight is 233 g/mol. The molecule has 0 aliphatic heterocycles. The lowest BCUT2D eigenvalue weighted by Crippen LogP contribution is -2.33. The lowest BCUT2D eigenvalue weighted by molar-refractivity contribution is -0.138. The molecule has 5 nitrogen and oxygen atoms in total. The molecule has 0 saturated carbocycles. The summed E-state index contributed by atoms with van der Waals surface area (Å²) in [6.07, 6.45) is 0.248. The van der Waals surface area contributed by atoms with E-state index in [0.29, 0.717) is 0 Å². The number of carbonyl (C=O) groups is 1. The van der Waals surface area contributed by atoms with E-state index in [1.54, 1.807) is 0 Å². The molecule has 3 N–H and O–H groups in total. The molecule has 0 aliphatic rings. The predicted octanol–water partition coefficient (Wildman–Crippen LogP) is 1.01. The van der Waals surface area contributed by atoms with Gasteiger partial charge in [-0.2, -0.15) is 0 Å². The normalized spacial score (nSPS) is 12.8. The molecule has 1 aromatic heterocycles. The third-order valence-electron chi connectivity index (χ3n) is 2.77. The number of benzene rings is 1. The van der Waals surface area contributed by atoms with Crippen LogP contribution in [0, 0.1) is 0 Å². The number of carboxylic acids is 1. The van der Waals surface area contributed by atoms with Gasteiger partial charge in [-0.1, -0.05) is 12.1 Å². The summed E-state index contributed by atoms with van der Waals surface area (Å²) in [6.45, 7) is 2.76. The van der Waals surface area contributed by atoms with E-state index in [4.69, 9.17) is 10.8 Å². The van der Waals surface area contributed by atoms with Gasteiger partial charge in [-0.05, 0) is 19.1 Å². The van der Waals surface area contributed by atoms with Crippen LogP contribution in [0.25, 0.3) is 11.0 Å². The van der Waals surface area contributed by atoms with Crippen LogP contribution in [0.1, 0.15) is 12.7 Å². The van der Waals surface area contributed by atoms with E-state index >= 15 is 0 Å². The summed E-state index contributed by atoms with van der Waals surface area (Å²) in [5.74, 6) is -0.275. The highest BCUT2D eigenvalue weighted by atomic mass is 16.4. The van der Waals surface area contributed by atoms with Gasteiger partial charge in [0, 0.05) is 13.0 Å². The molecule has 1 unspecified atom stereocenters. The van der Waals surface area contributed by atoms with Gasteiger partial charge in [0.2, 0.25) is 0 Å². The molecule has 1 heterocycles. The molecule has 0 fully saturated rings. The first kappa shape index (κ1) is 11.6. The minimum absolute atomic E-state index is 0.248. The standard InChI is InChI=1S/C12H15N3O2/c1-2-15-10-6-4-3-5-9(10)14-11(15)7-8(13)12(16)17/h3-6,8H,2,7,13H2,1H3,(H,16,17). The molecule has 0 bridgehead atoms. The summed E-state index contributed by atoms with van der Waals surface area (Å²) < 4.78 is 2.00. The van der Waals surface area contributed by atoms with E-state index in [-0.39, 0.29) is 6.42 Å². The van der Waals surface area contributed by atoms with Crippen molar-refractivity contribution in [1.29, 1.82) is 0 Å². The van der Waals surface area contributed by atoms with E-state index in [2.05, 4.69) is 4.98 Å². The number of hydrogen-bond donors (Lipinski definition) is 2. The van der Waals surface area contributed by atoms with Gasteiger partial charge in [0.25, 0.3) is 0 Å². The molecule has 1 atom stereocenters. The Hall–Kier alpha value is -1.88. The Kier molecular flexibility index (Phi) is 3.10. The number of aromatic nitrogens is 2. The zero-order valence-corrected chi connectivity index (χ0v) is 9.63. The summed E-state index contributed by atoms with van der Waals surface area (Å²) in [4.78, 5) is 15.2. The van der Waals surface area contributed by atoms with E-state index in [0.717, 1.165) is 23.4 Å². The second-order valence-electron chi connectivity index (χ2n) is 3.91. The lowest BCUT2D eigenvalue weighted by Gasteiger charge is -2.08. The van der Waals surface area contributed by atoms with Gasteiger partial charge in [0.1, 0.15) is 11.9 Å². The number of fused-ring (bicyclic) bond motifs is 1. The van der Waals surface area contributed by atoms with Gasteiger partial charge in [-0.3, -0.25) is 4.79 Å². The molecule has 0 aliphatic carbocycles. The SMILES string of the molecule is CCn1c(CC(N)C(=O)O)nc2ccccc21. The van der Waals surface area contributed by atoms with Crippen LogP contribution in [-0.4, -0.2) is 26.7 Å². The highest BCUT2D eigenvalue weighted by Gasteiger charge is 2.17. The van der Waals surface area contributed by atoms with Crippen LogP contribution >= 0.6 is 0 Å². The van der Waals surface area contributed by atoms with Crippen LogP contribution in [0.5, 0.6) is 0 Å². The van der Waals surface area contributed by atoms with E-state index < -0.39 is 12.0 Å². The van der Waals surface area contributed by atoms with Crippen molar-refractivity contribution >= 4 is 17.0 Å². The molecule has 90 valence electrons. The lowest BCUT2D eigenvalue weighted by atomic mass is 10.2. The molecular formula is C12H15N3O2. The predicted molar refractivity (Wildman–Crippen MR) is 64.7 cm³/mol. The Balaban J connectivity index is 2.43. The van der Waals surface area contributed by atoms with Gasteiger partial charge in [0.05, 0.1) is 11.0 Å². The molecule has 2 rings (SSSR count). The first-order valence-electron chi connectivity index (χ1n) is 5.56. The Bertz CT molecular complexity index is 548. The number of rotatable bonds is 4. The summed E-state index contributed by atoms with van der Waals surface area (Å²) in [5.41, 5.74) is 7.43. The average Bonchev–Trinajstić information content (AvgIpc) is 2.65. The Morgan fingerprint density at radius 2 is 2.24 bits per heavy atom. The summed E-state index contributed by atoms with van der Waals surface area (Å²) in [7, 11) is 0. The molecule has 17 heavy (non-hydrogen) atoms. The molecular weight excluding hydrogens is 218 g/mol. The van der Waals surface area contributed by atoms with E-state index in [1.165, 1.54) is 0 Å². The first-order chi connectivity index (χ1) is 8.13. The van der Waals surface area contributed by atoms with Crippen molar-refractivity contribution < 1.29 is 9.90 Å². The number of carboxylic acid groups (broad SMARTS) is 1. The second kappa shape index (κ2) is 4.55. The van der Waals surface area contributed by atoms with Gasteiger partial charge < -0.3 is 15.4 Å². The van der Waals surface area contributed by atoms with Crippen molar-refractivity contribution in [1.82, 2.24) is 9.55 Å². The van der Waals surface area contributed by atoms with Gasteiger partial charge in [0.15, 0.2) is 0 Å². The van der Waals surface area contributed by atoms with Gasteiger partial charge in [-0.25, -0.2) is 4.98 Å². The van der Waals surface area contributed by atoms with Crippen LogP contribution in [0.2, 0.25) is 0 Å². The van der Waals surface area contributed by atoms with Crippen molar-refractivity contribution in [2.24, 2.45) is 5.73 Å². The van der Waals surface area contributed by atoms with Crippen LogP contribution < -0.4 is 5.73 Å². The number of imidazole rings is 1. The van der Waals surface area contributed by atoms with Crippen LogP contribution in [0.3, 0.4) is 0 Å². The maximum absolute atomic E-state index is 10.8. The zero-order chi connectivity index (χ0) is 12.4. The van der Waals surface area contributed by atoms with Crippen molar-refractivity contribution in [3.63, 3.8) is 0 Å². The fourth-order valence-corrected chi connectivity index (χ4v) is 1.92. The molecule has 0 saturated heterocycles. The molecule has 0 amide bonds. The fraction of sp³-hybridized carbons (Fsp3) is 0.333. The summed E-state index contributed by atoms with van der Waals surface area (Å²) >= 11 is 0. The monoisotopic (exact) mass is 233 g/mol. The van der Waals surface area contributed by atoms with Crippen LogP contribution in [0.15, 0.2) is 24.3 Å². The van der Waals surface area contributed by atoms with E-state index in [1.807, 2.05) is 35.8 Å². The number of hydrogen-bond acceptors (Lipinski definition) is 3. The van der Waals surface area contributed by atoms with E-state index in [9.17, 15) is 4.79 Å². The zero-order valence-electron chi connectivity index (χ0n) is 9.63. The minimum atomic E-state index is -1.00. The van der Waals surface area contributed by atoms with Crippen molar-refractivity contribution in [3.05, 3.63) is 30.1 Å². The van der Waals surface area contributed by atoms with Crippen LogP contribution in [-0.2, 0) is 17.8 Å². The summed E-state index contributed by atoms with van der Waals surface area (Å²) in [6, 6.07) is 6.84. The fourth-order valence-electron chi connectivity index (χ4n) is 1.92. The molecule has 0 spiro atoms. The maximum atomic E-state index is 10.8. The molecule has 5 heteroatoms. The minimum Gasteiger partial charge on any atom is -0.480 e. The van der Waals surface area contributed by atoms with Crippen molar-refractivity contribution in [3.8, 4) is 0 Å². The molecule has 0 radical (unpaired) electrons. The highest BCUT2D eigenvalue weighted by Crippen LogP contribution is 2.16.